The molecule has 47 heavy (non-hydrogen) atoms. The highest BCUT2D eigenvalue weighted by Gasteiger charge is 2.17. The molecule has 0 amide bonds. The summed E-state index contributed by atoms with van der Waals surface area (Å²) in [4.78, 5) is 15.0. The Kier molecular flexibility index (Phi) is 6.43. The molecule has 0 bridgehead atoms. The van der Waals surface area contributed by atoms with Crippen LogP contribution in [0.3, 0.4) is 0 Å². The number of rotatable bonds is 5. The topological polar surface area (TPSA) is 51.8 Å². The average molecular weight is 602 g/mol. The van der Waals surface area contributed by atoms with Gasteiger partial charge in [-0.15, -0.1) is 0 Å². The Bertz CT molecular complexity index is 2510. The largest absolute Gasteiger partial charge is 0.438 e. The quantitative estimate of drug-likeness (QED) is 0.197. The Morgan fingerprint density at radius 3 is 1.96 bits per heavy atom. The third-order valence-corrected chi connectivity index (χ3v) is 8.75. The second kappa shape index (κ2) is 11.2. The van der Waals surface area contributed by atoms with E-state index in [-0.39, 0.29) is 0 Å². The van der Waals surface area contributed by atoms with Gasteiger partial charge < -0.3 is 4.42 Å². The molecule has 0 aliphatic heterocycles. The van der Waals surface area contributed by atoms with Gasteiger partial charge in [0.25, 0.3) is 0 Å². The number of benzene rings is 6. The van der Waals surface area contributed by atoms with Crippen molar-refractivity contribution in [3.63, 3.8) is 0 Å². The summed E-state index contributed by atoms with van der Waals surface area (Å²) < 4.78 is 6.03. The predicted molar refractivity (Wildman–Crippen MR) is 192 cm³/mol. The number of hydrogen-bond donors (Lipinski definition) is 0. The van der Waals surface area contributed by atoms with Crippen LogP contribution in [0.5, 0.6) is 0 Å². The van der Waals surface area contributed by atoms with Crippen molar-refractivity contribution < 1.29 is 4.42 Å². The van der Waals surface area contributed by atoms with E-state index >= 15 is 0 Å². The number of nitrogens with zero attached hydrogens (tertiary/aromatic N) is 3. The van der Waals surface area contributed by atoms with Gasteiger partial charge in [-0.2, -0.15) is 0 Å². The molecule has 0 saturated carbocycles. The molecule has 0 aliphatic rings. The van der Waals surface area contributed by atoms with E-state index in [0.29, 0.717) is 11.5 Å². The normalized spacial score (nSPS) is 11.4. The molecule has 6 aromatic carbocycles. The van der Waals surface area contributed by atoms with Gasteiger partial charge in [-0.1, -0.05) is 127 Å². The minimum atomic E-state index is 0.638. The van der Waals surface area contributed by atoms with Gasteiger partial charge >= 0.3 is 0 Å². The lowest BCUT2D eigenvalue weighted by Gasteiger charge is -2.15. The van der Waals surface area contributed by atoms with Crippen LogP contribution >= 0.6 is 0 Å². The van der Waals surface area contributed by atoms with Gasteiger partial charge in [0.2, 0.25) is 5.71 Å². The third kappa shape index (κ3) is 4.93. The van der Waals surface area contributed by atoms with E-state index in [0.717, 1.165) is 66.7 Å². The predicted octanol–water partition coefficient (Wildman–Crippen LogP) is 11.3. The maximum atomic E-state index is 6.03. The first-order valence-electron chi connectivity index (χ1n) is 15.7. The van der Waals surface area contributed by atoms with E-state index in [1.165, 1.54) is 10.8 Å². The molecule has 220 valence electrons. The summed E-state index contributed by atoms with van der Waals surface area (Å²) >= 11 is 0. The molecule has 9 rings (SSSR count). The lowest BCUT2D eigenvalue weighted by atomic mass is 9.91. The first-order chi connectivity index (χ1) is 23.3. The fourth-order valence-electron chi connectivity index (χ4n) is 6.37. The Morgan fingerprint density at radius 2 is 1.11 bits per heavy atom. The SMILES string of the molecule is c1ccc(-c2cc(-c3cc(-c4cnc5oc6ccccc6c5c4)ccc3-c3ccc4ccccc4c3)nc(-c3ccccc3)n2)cc1. The Balaban J connectivity index is 1.29. The van der Waals surface area contributed by atoms with Crippen molar-refractivity contribution in [2.24, 2.45) is 0 Å². The zero-order valence-corrected chi connectivity index (χ0v) is 25.3. The van der Waals surface area contributed by atoms with Gasteiger partial charge in [-0.3, -0.25) is 0 Å². The van der Waals surface area contributed by atoms with Gasteiger partial charge in [-0.05, 0) is 57.8 Å². The summed E-state index contributed by atoms with van der Waals surface area (Å²) in [6.07, 6.45) is 1.89. The summed E-state index contributed by atoms with van der Waals surface area (Å²) in [6.45, 7) is 0. The highest BCUT2D eigenvalue weighted by atomic mass is 16.3. The van der Waals surface area contributed by atoms with Crippen LogP contribution in [-0.2, 0) is 0 Å². The highest BCUT2D eigenvalue weighted by Crippen LogP contribution is 2.39. The van der Waals surface area contributed by atoms with Crippen molar-refractivity contribution in [2.75, 3.05) is 0 Å². The van der Waals surface area contributed by atoms with Gasteiger partial charge in [0.05, 0.1) is 11.4 Å². The number of hydrogen-bond acceptors (Lipinski definition) is 4. The first-order valence-corrected chi connectivity index (χ1v) is 15.7. The zero-order chi connectivity index (χ0) is 31.2. The van der Waals surface area contributed by atoms with E-state index in [1.807, 2.05) is 60.8 Å². The molecular formula is C43H27N3O. The second-order valence-corrected chi connectivity index (χ2v) is 11.7. The van der Waals surface area contributed by atoms with Gasteiger partial charge in [-0.25, -0.2) is 15.0 Å². The van der Waals surface area contributed by atoms with E-state index in [1.54, 1.807) is 0 Å². The lowest BCUT2D eigenvalue weighted by Crippen LogP contribution is -1.97. The van der Waals surface area contributed by atoms with Crippen molar-refractivity contribution in [3.8, 4) is 56.2 Å². The fraction of sp³-hybridized carbons (Fsp3) is 0. The van der Waals surface area contributed by atoms with Crippen molar-refractivity contribution in [1.82, 2.24) is 15.0 Å². The molecule has 0 radical (unpaired) electrons. The molecule has 0 unspecified atom stereocenters. The van der Waals surface area contributed by atoms with Crippen LogP contribution in [-0.4, -0.2) is 15.0 Å². The summed E-state index contributed by atoms with van der Waals surface area (Å²) in [5.74, 6) is 0.685. The van der Waals surface area contributed by atoms with E-state index in [2.05, 4.69) is 103 Å². The van der Waals surface area contributed by atoms with Gasteiger partial charge in [0.15, 0.2) is 5.82 Å². The monoisotopic (exact) mass is 601 g/mol. The van der Waals surface area contributed by atoms with Crippen molar-refractivity contribution in [3.05, 3.63) is 164 Å². The van der Waals surface area contributed by atoms with Crippen molar-refractivity contribution >= 4 is 32.8 Å². The number of aromatic nitrogens is 3. The van der Waals surface area contributed by atoms with Crippen LogP contribution in [0.15, 0.2) is 168 Å². The summed E-state index contributed by atoms with van der Waals surface area (Å²) in [6, 6.07) is 54.6. The van der Waals surface area contributed by atoms with Crippen molar-refractivity contribution in [1.29, 1.82) is 0 Å². The maximum Gasteiger partial charge on any atom is 0.227 e. The molecule has 0 N–H and O–H groups in total. The molecule has 0 aliphatic carbocycles. The smallest absolute Gasteiger partial charge is 0.227 e. The summed E-state index contributed by atoms with van der Waals surface area (Å²) in [7, 11) is 0. The number of para-hydroxylation sites is 1. The maximum absolute atomic E-state index is 6.03. The molecule has 0 spiro atoms. The van der Waals surface area contributed by atoms with Crippen LogP contribution in [0, 0.1) is 0 Å². The van der Waals surface area contributed by atoms with E-state index < -0.39 is 0 Å². The van der Waals surface area contributed by atoms with Gasteiger partial charge in [0.1, 0.15) is 5.58 Å². The minimum absolute atomic E-state index is 0.638. The number of pyridine rings is 1. The van der Waals surface area contributed by atoms with Crippen LogP contribution in [0.1, 0.15) is 0 Å². The molecular weight excluding hydrogens is 574 g/mol. The van der Waals surface area contributed by atoms with Crippen LogP contribution in [0.4, 0.5) is 0 Å². The Labute approximate surface area is 271 Å². The van der Waals surface area contributed by atoms with E-state index in [9.17, 15) is 0 Å². The van der Waals surface area contributed by atoms with Crippen molar-refractivity contribution in [2.45, 2.75) is 0 Å². The third-order valence-electron chi connectivity index (χ3n) is 8.75. The molecule has 0 atom stereocenters. The standard InChI is InChI=1S/C43H27N3O/c1-3-12-29(13-4-1)39-26-40(46-42(45-39)30-14-5-2-6-15-30)37-24-32(21-22-35(37)33-20-19-28-11-7-8-16-31(28)23-33)34-25-38-36-17-9-10-18-41(36)47-43(38)44-27-34/h1-27H. The average Bonchev–Trinajstić information content (AvgIpc) is 3.53. The molecule has 3 aromatic heterocycles. The zero-order valence-electron chi connectivity index (χ0n) is 25.3. The fourth-order valence-corrected chi connectivity index (χ4v) is 6.37. The number of fused-ring (bicyclic) bond motifs is 4. The summed E-state index contributed by atoms with van der Waals surface area (Å²) in [5.41, 5.74) is 10.5. The van der Waals surface area contributed by atoms with Crippen LogP contribution < -0.4 is 0 Å². The molecule has 0 fully saturated rings. The van der Waals surface area contributed by atoms with Gasteiger partial charge in [0, 0.05) is 39.2 Å². The lowest BCUT2D eigenvalue weighted by molar-refractivity contribution is 0.654. The molecule has 4 heteroatoms. The molecule has 0 saturated heterocycles. The van der Waals surface area contributed by atoms with Crippen LogP contribution in [0.25, 0.3) is 89.0 Å². The first kappa shape index (κ1) is 27.0. The summed E-state index contributed by atoms with van der Waals surface area (Å²) in [5, 5.41) is 4.46. The Hall–Kier alpha value is -6.39. The minimum Gasteiger partial charge on any atom is -0.438 e. The molecule has 4 nitrogen and oxygen atoms in total. The molecule has 3 heterocycles. The van der Waals surface area contributed by atoms with E-state index in [4.69, 9.17) is 19.4 Å². The highest BCUT2D eigenvalue weighted by molar-refractivity contribution is 6.05. The Morgan fingerprint density at radius 1 is 0.404 bits per heavy atom. The molecule has 9 aromatic rings. The van der Waals surface area contributed by atoms with Crippen LogP contribution in [0.2, 0.25) is 0 Å². The second-order valence-electron chi connectivity index (χ2n) is 11.7. The number of furan rings is 1.